The molecule has 0 saturated carbocycles. The number of nitrogens with one attached hydrogen (secondary N) is 2. The number of H-pyrrole nitrogens is 1. The molecule has 0 radical (unpaired) electrons. The third kappa shape index (κ3) is 4.74. The van der Waals surface area contributed by atoms with Crippen molar-refractivity contribution in [1.82, 2.24) is 19.9 Å². The Balaban J connectivity index is 0.00000256. The zero-order valence-corrected chi connectivity index (χ0v) is 16.6. The van der Waals surface area contributed by atoms with E-state index in [4.69, 9.17) is 14.2 Å². The van der Waals surface area contributed by atoms with Gasteiger partial charge in [0.1, 0.15) is 11.5 Å². The first-order valence-corrected chi connectivity index (χ1v) is 9.86. The zero-order chi connectivity index (χ0) is 21.7. The number of sulfonamides is 1. The summed E-state index contributed by atoms with van der Waals surface area (Å²) in [6.45, 7) is -0.944. The monoisotopic (exact) mass is 445 g/mol. The predicted molar refractivity (Wildman–Crippen MR) is 106 cm³/mol. The largest absolute Gasteiger partial charge is 0.478 e. The Hall–Kier alpha value is -3.48. The van der Waals surface area contributed by atoms with Gasteiger partial charge in [-0.25, -0.2) is 21.9 Å². The van der Waals surface area contributed by atoms with Crippen molar-refractivity contribution in [3.63, 3.8) is 0 Å². The third-order valence-electron chi connectivity index (χ3n) is 3.68. The molecule has 0 aromatic carbocycles. The minimum absolute atomic E-state index is 0. The van der Waals surface area contributed by atoms with Gasteiger partial charge in [0.2, 0.25) is 11.7 Å². The predicted octanol–water partition coefficient (Wildman–Crippen LogP) is 2.82. The van der Waals surface area contributed by atoms with Crippen LogP contribution in [0.3, 0.4) is 0 Å². The number of methoxy groups -OCH3 is 2. The summed E-state index contributed by atoms with van der Waals surface area (Å²) < 4.78 is 67.4. The number of alkyl halides is 2. The SMILES string of the molecule is COc1nc(NS(=O)(=O)c2c[nH]c(-c3ccccn3)c2)nc(OC)c1OCC(F)F.[HH].[HH]. The summed E-state index contributed by atoms with van der Waals surface area (Å²) in [4.78, 5) is 14.6. The van der Waals surface area contributed by atoms with Crippen LogP contribution in [0, 0.1) is 0 Å². The summed E-state index contributed by atoms with van der Waals surface area (Å²) in [7, 11) is -1.68. The Morgan fingerprint density at radius 3 is 2.47 bits per heavy atom. The molecule has 3 aromatic heterocycles. The number of halogens is 2. The first kappa shape index (κ1) is 21.2. The number of rotatable bonds is 9. The second kappa shape index (κ2) is 8.90. The number of anilines is 1. The first-order chi connectivity index (χ1) is 14.3. The van der Waals surface area contributed by atoms with Crippen molar-refractivity contribution in [3.8, 4) is 28.9 Å². The highest BCUT2D eigenvalue weighted by Gasteiger charge is 2.23. The number of hydrogen-bond acceptors (Lipinski definition) is 8. The number of aromatic amines is 1. The standard InChI is InChI=1S/C17H17F2N5O5S.2H2/c1-27-15-14(29-9-13(18)19)16(28-2)23-17(22-15)24-30(25,26)10-7-12(21-8-10)11-5-3-4-6-20-11;;/h3-8,13,21H,9H2,1-2H3,(H,22,23,24);2*1H. The van der Waals surface area contributed by atoms with Crippen LogP contribution in [0.15, 0.2) is 41.6 Å². The summed E-state index contributed by atoms with van der Waals surface area (Å²) in [6, 6.07) is 6.60. The Morgan fingerprint density at radius 1 is 1.20 bits per heavy atom. The third-order valence-corrected chi connectivity index (χ3v) is 4.98. The number of aromatic nitrogens is 4. The van der Waals surface area contributed by atoms with Gasteiger partial charge in [-0.2, -0.15) is 9.97 Å². The van der Waals surface area contributed by atoms with E-state index in [0.29, 0.717) is 11.4 Å². The minimum Gasteiger partial charge on any atom is -0.478 e. The van der Waals surface area contributed by atoms with Crippen LogP contribution in [0.1, 0.15) is 2.85 Å². The maximum absolute atomic E-state index is 12.7. The fourth-order valence-corrected chi connectivity index (χ4v) is 3.32. The number of pyridine rings is 1. The van der Waals surface area contributed by atoms with E-state index in [9.17, 15) is 17.2 Å². The van der Waals surface area contributed by atoms with E-state index >= 15 is 0 Å². The van der Waals surface area contributed by atoms with E-state index in [2.05, 4.69) is 24.7 Å². The van der Waals surface area contributed by atoms with Crippen LogP contribution in [0.25, 0.3) is 11.4 Å². The van der Waals surface area contributed by atoms with E-state index in [0.717, 1.165) is 0 Å². The van der Waals surface area contributed by atoms with Crippen LogP contribution in [0.2, 0.25) is 0 Å². The molecule has 3 aromatic rings. The molecule has 0 unspecified atom stereocenters. The summed E-state index contributed by atoms with van der Waals surface area (Å²) in [5, 5.41) is 0. The van der Waals surface area contributed by atoms with Crippen LogP contribution in [-0.2, 0) is 10.0 Å². The maximum atomic E-state index is 12.7. The summed E-state index contributed by atoms with van der Waals surface area (Å²) >= 11 is 0. The molecule has 164 valence electrons. The van der Waals surface area contributed by atoms with E-state index in [-0.39, 0.29) is 25.3 Å². The fraction of sp³-hybridized carbons (Fsp3) is 0.235. The van der Waals surface area contributed by atoms with Crippen molar-refractivity contribution >= 4 is 16.0 Å². The molecule has 0 fully saturated rings. The average molecular weight is 445 g/mol. The Morgan fingerprint density at radius 2 is 1.90 bits per heavy atom. The summed E-state index contributed by atoms with van der Waals surface area (Å²) in [6.07, 6.45) is 0.104. The lowest BCUT2D eigenvalue weighted by atomic mass is 10.3. The lowest BCUT2D eigenvalue weighted by Gasteiger charge is -2.14. The molecule has 13 heteroatoms. The van der Waals surface area contributed by atoms with Crippen LogP contribution >= 0.6 is 0 Å². The lowest BCUT2D eigenvalue weighted by Crippen LogP contribution is -2.16. The molecule has 0 atom stereocenters. The van der Waals surface area contributed by atoms with Crippen LogP contribution in [-0.4, -0.2) is 55.6 Å². The molecular formula is C17H21F2N5O5S. The highest BCUT2D eigenvalue weighted by Crippen LogP contribution is 2.35. The topological polar surface area (TPSA) is 128 Å². The number of nitrogens with zero attached hydrogens (tertiary/aromatic N) is 3. The smallest absolute Gasteiger partial charge is 0.272 e. The average Bonchev–Trinajstić information content (AvgIpc) is 3.23. The molecule has 3 heterocycles. The second-order valence-electron chi connectivity index (χ2n) is 5.67. The van der Waals surface area contributed by atoms with E-state index in [1.165, 1.54) is 26.5 Å². The molecule has 30 heavy (non-hydrogen) atoms. The molecule has 0 amide bonds. The molecule has 3 rings (SSSR count). The van der Waals surface area contributed by atoms with E-state index in [1.54, 1.807) is 24.4 Å². The Kier molecular flexibility index (Phi) is 6.30. The molecule has 2 N–H and O–H groups in total. The number of ether oxygens (including phenoxy) is 3. The van der Waals surface area contributed by atoms with Gasteiger partial charge in [-0.3, -0.25) is 4.98 Å². The van der Waals surface area contributed by atoms with E-state index < -0.39 is 29.0 Å². The Bertz CT molecular complexity index is 1090. The molecule has 0 aliphatic rings. The highest BCUT2D eigenvalue weighted by atomic mass is 32.2. The fourth-order valence-electron chi connectivity index (χ4n) is 2.38. The van der Waals surface area contributed by atoms with Crippen molar-refractivity contribution in [2.45, 2.75) is 11.3 Å². The highest BCUT2D eigenvalue weighted by molar-refractivity contribution is 7.92. The molecule has 0 saturated heterocycles. The second-order valence-corrected chi connectivity index (χ2v) is 7.35. The molecule has 0 aliphatic carbocycles. The van der Waals surface area contributed by atoms with Gasteiger partial charge >= 0.3 is 0 Å². The van der Waals surface area contributed by atoms with Crippen molar-refractivity contribution in [2.75, 3.05) is 25.5 Å². The van der Waals surface area contributed by atoms with Crippen molar-refractivity contribution < 1.29 is 34.3 Å². The first-order valence-electron chi connectivity index (χ1n) is 8.37. The van der Waals surface area contributed by atoms with Gasteiger partial charge in [0.05, 0.1) is 25.6 Å². The lowest BCUT2D eigenvalue weighted by molar-refractivity contribution is 0.0781. The van der Waals surface area contributed by atoms with Crippen molar-refractivity contribution in [1.29, 1.82) is 0 Å². The van der Waals surface area contributed by atoms with Crippen LogP contribution in [0.5, 0.6) is 17.5 Å². The summed E-state index contributed by atoms with van der Waals surface area (Å²) in [5.41, 5.74) is 1.04. The minimum atomic E-state index is -4.09. The molecule has 0 bridgehead atoms. The van der Waals surface area contributed by atoms with Gasteiger partial charge in [-0.05, 0) is 18.2 Å². The van der Waals surface area contributed by atoms with Crippen LogP contribution < -0.4 is 18.9 Å². The maximum Gasteiger partial charge on any atom is 0.272 e. The van der Waals surface area contributed by atoms with E-state index in [1.807, 2.05) is 0 Å². The normalized spacial score (nSPS) is 11.4. The molecular weight excluding hydrogens is 424 g/mol. The van der Waals surface area contributed by atoms with Gasteiger partial charge < -0.3 is 19.2 Å². The van der Waals surface area contributed by atoms with Gasteiger partial charge in [0.15, 0.2) is 0 Å². The van der Waals surface area contributed by atoms with Gasteiger partial charge in [-0.15, -0.1) is 0 Å². The van der Waals surface area contributed by atoms with Crippen molar-refractivity contribution in [2.24, 2.45) is 0 Å². The van der Waals surface area contributed by atoms with Crippen LogP contribution in [0.4, 0.5) is 14.7 Å². The van der Waals surface area contributed by atoms with Gasteiger partial charge in [0.25, 0.3) is 28.2 Å². The summed E-state index contributed by atoms with van der Waals surface area (Å²) in [5.74, 6) is -1.22. The zero-order valence-electron chi connectivity index (χ0n) is 15.8. The van der Waals surface area contributed by atoms with Gasteiger partial charge in [0, 0.05) is 15.2 Å². The van der Waals surface area contributed by atoms with Crippen molar-refractivity contribution in [3.05, 3.63) is 36.7 Å². The molecule has 0 aliphatic heterocycles. The van der Waals surface area contributed by atoms with Gasteiger partial charge in [-0.1, -0.05) is 6.07 Å². The Labute approximate surface area is 173 Å². The number of hydrogen-bond donors (Lipinski definition) is 2. The molecule has 0 spiro atoms. The quantitative estimate of drug-likeness (QED) is 0.515. The molecule has 10 nitrogen and oxygen atoms in total.